The Morgan fingerprint density at radius 3 is 3.00 bits per heavy atom. The molecule has 0 bridgehead atoms. The number of aryl methyl sites for hydroxylation is 1. The SMILES string of the molecule is [2H]c1cnnn1C. The lowest BCUT2D eigenvalue weighted by atomic mass is 10.9. The van der Waals surface area contributed by atoms with Gasteiger partial charge in [0.1, 0.15) is 0 Å². The van der Waals surface area contributed by atoms with Crippen LogP contribution in [0.2, 0.25) is 0 Å². The van der Waals surface area contributed by atoms with Crippen LogP contribution in [0.5, 0.6) is 0 Å². The van der Waals surface area contributed by atoms with E-state index in [1.54, 1.807) is 7.05 Å². The normalized spacial score (nSPS) is 11.2. The molecule has 0 aromatic carbocycles. The van der Waals surface area contributed by atoms with Gasteiger partial charge in [-0.15, -0.1) is 5.10 Å². The molecule has 0 amide bonds. The molecule has 3 nitrogen and oxygen atoms in total. The summed E-state index contributed by atoms with van der Waals surface area (Å²) in [6, 6.07) is 0. The molecule has 0 atom stereocenters. The van der Waals surface area contributed by atoms with Crippen molar-refractivity contribution >= 4 is 0 Å². The van der Waals surface area contributed by atoms with Crippen LogP contribution in [0, 0.1) is 0 Å². The van der Waals surface area contributed by atoms with Crippen molar-refractivity contribution in [3.8, 4) is 0 Å². The van der Waals surface area contributed by atoms with Crippen molar-refractivity contribution in [3.63, 3.8) is 0 Å². The summed E-state index contributed by atoms with van der Waals surface area (Å²) in [5, 5.41) is 6.94. The molecule has 0 saturated carbocycles. The first-order valence-electron chi connectivity index (χ1n) is 2.12. The van der Waals surface area contributed by atoms with Crippen LogP contribution >= 0.6 is 0 Å². The lowest BCUT2D eigenvalue weighted by molar-refractivity contribution is 0.715. The monoisotopic (exact) mass is 84.1 g/mol. The Morgan fingerprint density at radius 1 is 2.00 bits per heavy atom. The number of rotatable bonds is 0. The second-order valence-electron chi connectivity index (χ2n) is 0.987. The van der Waals surface area contributed by atoms with Crippen LogP contribution in [0.1, 0.15) is 1.37 Å². The standard InChI is InChI=1S/C3H5N3/c1-6-3-2-4-5-6/h2-3H,1H3/i3D. The third kappa shape index (κ3) is 0.381. The first-order chi connectivity index (χ1) is 3.30. The van der Waals surface area contributed by atoms with Gasteiger partial charge >= 0.3 is 0 Å². The van der Waals surface area contributed by atoms with E-state index in [0.29, 0.717) is 6.17 Å². The van der Waals surface area contributed by atoms with Crippen LogP contribution in [-0.4, -0.2) is 15.0 Å². The van der Waals surface area contributed by atoms with E-state index in [9.17, 15) is 0 Å². The molecule has 6 heavy (non-hydrogen) atoms. The maximum atomic E-state index is 6.94. The van der Waals surface area contributed by atoms with E-state index in [0.717, 1.165) is 0 Å². The predicted molar refractivity (Wildman–Crippen MR) is 21.0 cm³/mol. The van der Waals surface area contributed by atoms with Gasteiger partial charge in [0.25, 0.3) is 0 Å². The van der Waals surface area contributed by atoms with Crippen LogP contribution in [0.4, 0.5) is 0 Å². The van der Waals surface area contributed by atoms with E-state index in [1.807, 2.05) is 0 Å². The van der Waals surface area contributed by atoms with Gasteiger partial charge in [0, 0.05) is 13.2 Å². The quantitative estimate of drug-likeness (QED) is 0.436. The Kier molecular flexibility index (Phi) is 0.422. The molecule has 0 radical (unpaired) electrons. The predicted octanol–water partition coefficient (Wildman–Crippen LogP) is -0.185. The Bertz CT molecular complexity index is 142. The third-order valence-electron chi connectivity index (χ3n) is 0.488. The summed E-state index contributed by atoms with van der Waals surface area (Å²) in [5.74, 6) is 0. The molecule has 1 heterocycles. The molecule has 0 N–H and O–H groups in total. The molecular formula is C3H5N3. The Balaban J connectivity index is 3.12. The zero-order valence-corrected chi connectivity index (χ0v) is 3.42. The Hall–Kier alpha value is -0.860. The van der Waals surface area contributed by atoms with Crippen molar-refractivity contribution in [3.05, 3.63) is 12.4 Å². The van der Waals surface area contributed by atoms with Crippen LogP contribution in [0.25, 0.3) is 0 Å². The number of hydrogen-bond acceptors (Lipinski definition) is 2. The van der Waals surface area contributed by atoms with Gasteiger partial charge in [-0.25, -0.2) is 0 Å². The molecule has 0 aliphatic rings. The average molecular weight is 84.1 g/mol. The summed E-state index contributed by atoms with van der Waals surface area (Å²) in [7, 11) is 1.68. The lowest BCUT2D eigenvalue weighted by Gasteiger charge is -1.74. The second kappa shape index (κ2) is 1.08. The van der Waals surface area contributed by atoms with Crippen LogP contribution in [0.3, 0.4) is 0 Å². The zero-order chi connectivity index (χ0) is 5.28. The molecule has 0 aliphatic carbocycles. The summed E-state index contributed by atoms with van der Waals surface area (Å²) in [6.45, 7) is 0. The van der Waals surface area contributed by atoms with Gasteiger partial charge in [-0.05, 0) is 0 Å². The molecule has 1 aromatic rings. The molecular weight excluding hydrogens is 78.1 g/mol. The van der Waals surface area contributed by atoms with Crippen molar-refractivity contribution < 1.29 is 1.37 Å². The van der Waals surface area contributed by atoms with Gasteiger partial charge in [-0.1, -0.05) is 5.21 Å². The highest BCUT2D eigenvalue weighted by Crippen LogP contribution is 1.66. The fourth-order valence-corrected chi connectivity index (χ4v) is 0.238. The summed E-state index contributed by atoms with van der Waals surface area (Å²) in [4.78, 5) is 0. The van der Waals surface area contributed by atoms with Gasteiger partial charge in [-0.3, -0.25) is 4.68 Å². The smallest absolute Gasteiger partial charge is 0.0854 e. The van der Waals surface area contributed by atoms with Crippen LogP contribution < -0.4 is 0 Å². The van der Waals surface area contributed by atoms with Crippen molar-refractivity contribution in [1.82, 2.24) is 15.0 Å². The summed E-state index contributed by atoms with van der Waals surface area (Å²) < 4.78 is 8.33. The maximum Gasteiger partial charge on any atom is 0.0854 e. The number of aromatic nitrogens is 3. The maximum absolute atomic E-state index is 6.94. The molecule has 32 valence electrons. The molecule has 0 saturated heterocycles. The second-order valence-corrected chi connectivity index (χ2v) is 0.987. The Morgan fingerprint density at radius 2 is 2.83 bits per heavy atom. The molecule has 0 fully saturated rings. The van der Waals surface area contributed by atoms with Crippen molar-refractivity contribution in [2.45, 2.75) is 0 Å². The third-order valence-corrected chi connectivity index (χ3v) is 0.488. The summed E-state index contributed by atoms with van der Waals surface area (Å²) in [6.07, 6.45) is 1.72. The largest absolute Gasteiger partial charge is 0.256 e. The lowest BCUT2D eigenvalue weighted by Crippen LogP contribution is -1.85. The first-order valence-corrected chi connectivity index (χ1v) is 1.62. The number of nitrogens with zero attached hydrogens (tertiary/aromatic N) is 3. The highest BCUT2D eigenvalue weighted by molar-refractivity contribution is 4.59. The first kappa shape index (κ1) is 2.34. The van der Waals surface area contributed by atoms with Crippen LogP contribution in [0.15, 0.2) is 12.4 Å². The van der Waals surface area contributed by atoms with E-state index in [4.69, 9.17) is 1.37 Å². The van der Waals surface area contributed by atoms with Crippen LogP contribution in [-0.2, 0) is 7.05 Å². The highest BCUT2D eigenvalue weighted by atomic mass is 15.4. The van der Waals surface area contributed by atoms with Gasteiger partial charge in [-0.2, -0.15) is 0 Å². The zero-order valence-electron chi connectivity index (χ0n) is 4.42. The molecule has 3 heteroatoms. The van der Waals surface area contributed by atoms with Gasteiger partial charge in [0.15, 0.2) is 0 Å². The number of hydrogen-bond donors (Lipinski definition) is 0. The average Bonchev–Trinajstić information content (AvgIpc) is 1.91. The van der Waals surface area contributed by atoms with Gasteiger partial charge in [0.2, 0.25) is 0 Å². The summed E-state index contributed by atoms with van der Waals surface area (Å²) in [5.41, 5.74) is 0. The minimum absolute atomic E-state index is 0.333. The Labute approximate surface area is 37.0 Å². The van der Waals surface area contributed by atoms with Crippen molar-refractivity contribution in [2.24, 2.45) is 7.05 Å². The van der Waals surface area contributed by atoms with Gasteiger partial charge < -0.3 is 0 Å². The van der Waals surface area contributed by atoms with E-state index in [2.05, 4.69) is 10.3 Å². The molecule has 0 spiro atoms. The molecule has 1 rings (SSSR count). The molecule has 0 aliphatic heterocycles. The fourth-order valence-electron chi connectivity index (χ4n) is 0.238. The van der Waals surface area contributed by atoms with Crippen molar-refractivity contribution in [2.75, 3.05) is 0 Å². The minimum atomic E-state index is 0.333. The minimum Gasteiger partial charge on any atom is -0.256 e. The topological polar surface area (TPSA) is 30.7 Å². The summed E-state index contributed by atoms with van der Waals surface area (Å²) >= 11 is 0. The molecule has 0 unspecified atom stereocenters. The van der Waals surface area contributed by atoms with Gasteiger partial charge in [0.05, 0.1) is 7.57 Å². The van der Waals surface area contributed by atoms with E-state index in [1.165, 1.54) is 10.9 Å². The van der Waals surface area contributed by atoms with E-state index >= 15 is 0 Å². The van der Waals surface area contributed by atoms with Crippen molar-refractivity contribution in [1.29, 1.82) is 0 Å². The van der Waals surface area contributed by atoms with E-state index < -0.39 is 0 Å². The fraction of sp³-hybridized carbons (Fsp3) is 0.333. The van der Waals surface area contributed by atoms with E-state index in [-0.39, 0.29) is 0 Å². The molecule has 1 aromatic heterocycles. The highest BCUT2D eigenvalue weighted by Gasteiger charge is 1.70.